The molecule has 3 nitrogen and oxygen atoms in total. The van der Waals surface area contributed by atoms with E-state index in [1.165, 1.54) is 6.07 Å². The van der Waals surface area contributed by atoms with Crippen LogP contribution in [0.4, 0.5) is 4.39 Å². The molecule has 0 saturated carbocycles. The molecule has 1 heterocycles. The second kappa shape index (κ2) is 7.27. The fraction of sp³-hybridized carbons (Fsp3) is 0.412. The van der Waals surface area contributed by atoms with Crippen LogP contribution in [0, 0.1) is 19.7 Å². The van der Waals surface area contributed by atoms with Gasteiger partial charge in [-0.2, -0.15) is 0 Å². The predicted molar refractivity (Wildman–Crippen MR) is 82.6 cm³/mol. The van der Waals surface area contributed by atoms with Crippen LogP contribution in [0.1, 0.15) is 42.0 Å². The molecule has 0 amide bonds. The molecule has 0 aliphatic rings. The van der Waals surface area contributed by atoms with Crippen LogP contribution in [-0.4, -0.2) is 16.5 Å². The predicted octanol–water partition coefficient (Wildman–Crippen LogP) is 3.52. The highest BCUT2D eigenvalue weighted by atomic mass is 19.1. The van der Waals surface area contributed by atoms with Gasteiger partial charge in [-0.15, -0.1) is 0 Å². The Morgan fingerprint density at radius 1 is 1.24 bits per heavy atom. The summed E-state index contributed by atoms with van der Waals surface area (Å²) in [6, 6.07) is 7.02. The molecular formula is C17H22FN3. The molecule has 1 aromatic carbocycles. The van der Waals surface area contributed by atoms with Crippen molar-refractivity contribution in [1.82, 2.24) is 15.3 Å². The van der Waals surface area contributed by atoms with Crippen molar-refractivity contribution in [3.05, 3.63) is 58.9 Å². The van der Waals surface area contributed by atoms with Crippen molar-refractivity contribution in [2.45, 2.75) is 39.7 Å². The van der Waals surface area contributed by atoms with Crippen molar-refractivity contribution in [2.24, 2.45) is 0 Å². The molecule has 0 saturated heterocycles. The standard InChI is InChI=1S/C17H22FN3/c1-4-8-20-17(16-7-9-19-13(3)21-16)11-14-5-6-15(18)10-12(14)2/h5-7,9-10,17,20H,4,8,11H2,1-3H3. The first-order valence-electron chi connectivity index (χ1n) is 7.38. The summed E-state index contributed by atoms with van der Waals surface area (Å²) in [7, 11) is 0. The maximum Gasteiger partial charge on any atom is 0.125 e. The highest BCUT2D eigenvalue weighted by Gasteiger charge is 2.15. The quantitative estimate of drug-likeness (QED) is 0.883. The number of halogens is 1. The van der Waals surface area contributed by atoms with Crippen LogP contribution in [0.25, 0.3) is 0 Å². The summed E-state index contributed by atoms with van der Waals surface area (Å²) in [5.41, 5.74) is 3.10. The van der Waals surface area contributed by atoms with Gasteiger partial charge in [-0.3, -0.25) is 0 Å². The number of nitrogens with zero attached hydrogens (tertiary/aromatic N) is 2. The Hall–Kier alpha value is -1.81. The van der Waals surface area contributed by atoms with E-state index in [1.54, 1.807) is 12.3 Å². The average molecular weight is 287 g/mol. The van der Waals surface area contributed by atoms with Gasteiger partial charge in [0.2, 0.25) is 0 Å². The minimum absolute atomic E-state index is 0.121. The Morgan fingerprint density at radius 2 is 2.05 bits per heavy atom. The van der Waals surface area contributed by atoms with Gasteiger partial charge in [0.15, 0.2) is 0 Å². The summed E-state index contributed by atoms with van der Waals surface area (Å²) >= 11 is 0. The van der Waals surface area contributed by atoms with Gasteiger partial charge in [-0.1, -0.05) is 13.0 Å². The fourth-order valence-electron chi connectivity index (χ4n) is 2.38. The number of nitrogens with one attached hydrogen (secondary N) is 1. The highest BCUT2D eigenvalue weighted by Crippen LogP contribution is 2.20. The molecule has 2 aromatic rings. The van der Waals surface area contributed by atoms with E-state index in [4.69, 9.17) is 0 Å². The van der Waals surface area contributed by atoms with E-state index in [2.05, 4.69) is 22.2 Å². The highest BCUT2D eigenvalue weighted by molar-refractivity contribution is 5.28. The molecule has 21 heavy (non-hydrogen) atoms. The molecule has 0 aliphatic carbocycles. The van der Waals surface area contributed by atoms with Gasteiger partial charge in [0.1, 0.15) is 11.6 Å². The molecule has 1 aromatic heterocycles. The summed E-state index contributed by atoms with van der Waals surface area (Å²) in [6.07, 6.45) is 3.64. The van der Waals surface area contributed by atoms with Gasteiger partial charge >= 0.3 is 0 Å². The lowest BCUT2D eigenvalue weighted by Crippen LogP contribution is -2.25. The number of aryl methyl sites for hydroxylation is 2. The van der Waals surface area contributed by atoms with E-state index in [0.717, 1.165) is 42.0 Å². The first kappa shape index (κ1) is 15.6. The number of aromatic nitrogens is 2. The normalized spacial score (nSPS) is 12.4. The summed E-state index contributed by atoms with van der Waals surface area (Å²) in [5.74, 6) is 0.582. The number of benzene rings is 1. The molecular weight excluding hydrogens is 265 g/mol. The Balaban J connectivity index is 2.23. The minimum Gasteiger partial charge on any atom is -0.308 e. The van der Waals surface area contributed by atoms with Crippen LogP contribution in [0.5, 0.6) is 0 Å². The summed E-state index contributed by atoms with van der Waals surface area (Å²) in [6.45, 7) is 6.90. The zero-order valence-electron chi connectivity index (χ0n) is 12.9. The first-order valence-corrected chi connectivity index (χ1v) is 7.38. The molecule has 0 radical (unpaired) electrons. The van der Waals surface area contributed by atoms with Gasteiger partial charge in [-0.05, 0) is 62.6 Å². The SMILES string of the molecule is CCCNC(Cc1ccc(F)cc1C)c1ccnc(C)n1. The van der Waals surface area contributed by atoms with Crippen LogP contribution in [-0.2, 0) is 6.42 Å². The maximum atomic E-state index is 13.2. The molecule has 0 fully saturated rings. The van der Waals surface area contributed by atoms with Crippen LogP contribution in [0.2, 0.25) is 0 Å². The van der Waals surface area contributed by atoms with Crippen molar-refractivity contribution < 1.29 is 4.39 Å². The van der Waals surface area contributed by atoms with Crippen molar-refractivity contribution in [3.8, 4) is 0 Å². The van der Waals surface area contributed by atoms with Gasteiger partial charge in [0.05, 0.1) is 11.7 Å². The van der Waals surface area contributed by atoms with Gasteiger partial charge in [-0.25, -0.2) is 14.4 Å². The number of hydrogen-bond acceptors (Lipinski definition) is 3. The molecule has 0 aliphatic heterocycles. The van der Waals surface area contributed by atoms with Crippen molar-refractivity contribution >= 4 is 0 Å². The van der Waals surface area contributed by atoms with Crippen molar-refractivity contribution in [3.63, 3.8) is 0 Å². The lowest BCUT2D eigenvalue weighted by atomic mass is 9.98. The molecule has 2 rings (SSSR count). The lowest BCUT2D eigenvalue weighted by Gasteiger charge is -2.19. The third kappa shape index (κ3) is 4.33. The maximum absolute atomic E-state index is 13.2. The van der Waals surface area contributed by atoms with Gasteiger partial charge in [0, 0.05) is 6.20 Å². The van der Waals surface area contributed by atoms with E-state index in [1.807, 2.05) is 26.0 Å². The van der Waals surface area contributed by atoms with Crippen LogP contribution >= 0.6 is 0 Å². The summed E-state index contributed by atoms with van der Waals surface area (Å²) in [5, 5.41) is 3.52. The molecule has 1 N–H and O–H groups in total. The Morgan fingerprint density at radius 3 is 2.71 bits per heavy atom. The monoisotopic (exact) mass is 287 g/mol. The molecule has 0 spiro atoms. The van der Waals surface area contributed by atoms with Crippen LogP contribution in [0.3, 0.4) is 0 Å². The summed E-state index contributed by atoms with van der Waals surface area (Å²) < 4.78 is 13.2. The first-order chi connectivity index (χ1) is 10.1. The van der Waals surface area contributed by atoms with Gasteiger partial charge < -0.3 is 5.32 Å². The lowest BCUT2D eigenvalue weighted by molar-refractivity contribution is 0.514. The topological polar surface area (TPSA) is 37.8 Å². The smallest absolute Gasteiger partial charge is 0.125 e. The zero-order valence-corrected chi connectivity index (χ0v) is 12.9. The molecule has 4 heteroatoms. The van der Waals surface area contributed by atoms with E-state index in [-0.39, 0.29) is 11.9 Å². The van der Waals surface area contributed by atoms with Crippen molar-refractivity contribution in [2.75, 3.05) is 6.54 Å². The molecule has 0 bridgehead atoms. The minimum atomic E-state index is -0.188. The van der Waals surface area contributed by atoms with E-state index in [9.17, 15) is 4.39 Å². The van der Waals surface area contributed by atoms with Crippen molar-refractivity contribution in [1.29, 1.82) is 0 Å². The van der Waals surface area contributed by atoms with Crippen LogP contribution in [0.15, 0.2) is 30.5 Å². The summed E-state index contributed by atoms with van der Waals surface area (Å²) in [4.78, 5) is 8.67. The number of rotatable bonds is 6. The van der Waals surface area contributed by atoms with E-state index >= 15 is 0 Å². The molecule has 1 atom stereocenters. The fourth-order valence-corrected chi connectivity index (χ4v) is 2.38. The second-order valence-electron chi connectivity index (χ2n) is 5.31. The Labute approximate surface area is 125 Å². The van der Waals surface area contributed by atoms with Crippen LogP contribution < -0.4 is 5.32 Å². The zero-order chi connectivity index (χ0) is 15.2. The average Bonchev–Trinajstić information content (AvgIpc) is 2.45. The molecule has 1 unspecified atom stereocenters. The Bertz CT molecular complexity index is 598. The molecule has 112 valence electrons. The third-order valence-corrected chi connectivity index (χ3v) is 3.52. The Kier molecular flexibility index (Phi) is 5.39. The number of hydrogen-bond donors (Lipinski definition) is 1. The van der Waals surface area contributed by atoms with E-state index in [0.29, 0.717) is 0 Å². The van der Waals surface area contributed by atoms with E-state index < -0.39 is 0 Å². The third-order valence-electron chi connectivity index (χ3n) is 3.52. The van der Waals surface area contributed by atoms with Gasteiger partial charge in [0.25, 0.3) is 0 Å². The largest absolute Gasteiger partial charge is 0.308 e. The second-order valence-corrected chi connectivity index (χ2v) is 5.31.